The smallest absolute Gasteiger partial charge is 0.324 e. The minimum atomic E-state index is -4.10. The Bertz CT molecular complexity index is 739. The van der Waals surface area contributed by atoms with Gasteiger partial charge in [0.05, 0.1) is 12.1 Å². The van der Waals surface area contributed by atoms with Gasteiger partial charge in [0, 0.05) is 11.6 Å². The summed E-state index contributed by atoms with van der Waals surface area (Å²) in [6.07, 6.45) is 1.45. The van der Waals surface area contributed by atoms with Gasteiger partial charge in [0.15, 0.2) is 0 Å². The number of hydrogen-bond acceptors (Lipinski definition) is 5. The first-order valence-corrected chi connectivity index (χ1v) is 7.14. The van der Waals surface area contributed by atoms with E-state index in [0.717, 1.165) is 0 Å². The van der Waals surface area contributed by atoms with Crippen LogP contribution in [0, 0.1) is 0 Å². The SMILES string of the molecule is O=C(O)[C@@H](CO)NS(=O)(=O)c1cccc2cccnc12. The number of fused-ring (bicyclic) bond motifs is 1. The van der Waals surface area contributed by atoms with E-state index in [0.29, 0.717) is 5.39 Å². The lowest BCUT2D eigenvalue weighted by Crippen LogP contribution is -2.43. The molecule has 0 radical (unpaired) electrons. The summed E-state index contributed by atoms with van der Waals surface area (Å²) in [5.74, 6) is -1.45. The Morgan fingerprint density at radius 2 is 2.00 bits per heavy atom. The molecule has 0 aliphatic heterocycles. The molecule has 1 atom stereocenters. The molecule has 1 aromatic heterocycles. The second kappa shape index (κ2) is 5.53. The van der Waals surface area contributed by atoms with Crippen molar-refractivity contribution in [2.45, 2.75) is 10.9 Å². The first-order valence-electron chi connectivity index (χ1n) is 5.65. The van der Waals surface area contributed by atoms with E-state index in [-0.39, 0.29) is 10.4 Å². The van der Waals surface area contributed by atoms with Crippen LogP contribution in [0.1, 0.15) is 0 Å². The molecule has 0 aliphatic rings. The van der Waals surface area contributed by atoms with E-state index in [1.54, 1.807) is 18.2 Å². The molecule has 0 spiro atoms. The van der Waals surface area contributed by atoms with Crippen LogP contribution in [-0.2, 0) is 14.8 Å². The minimum Gasteiger partial charge on any atom is -0.480 e. The van der Waals surface area contributed by atoms with Crippen LogP contribution in [0.3, 0.4) is 0 Å². The van der Waals surface area contributed by atoms with E-state index in [1.165, 1.54) is 18.3 Å². The van der Waals surface area contributed by atoms with E-state index in [4.69, 9.17) is 10.2 Å². The number of nitrogens with zero attached hydrogens (tertiary/aromatic N) is 1. The van der Waals surface area contributed by atoms with Crippen molar-refractivity contribution in [3.8, 4) is 0 Å². The number of nitrogens with one attached hydrogen (secondary N) is 1. The van der Waals surface area contributed by atoms with Gasteiger partial charge in [-0.25, -0.2) is 8.42 Å². The van der Waals surface area contributed by atoms with Crippen LogP contribution >= 0.6 is 0 Å². The summed E-state index contributed by atoms with van der Waals surface area (Å²) in [6, 6.07) is 6.32. The van der Waals surface area contributed by atoms with E-state index in [9.17, 15) is 13.2 Å². The maximum absolute atomic E-state index is 12.2. The number of hydrogen-bond donors (Lipinski definition) is 3. The second-order valence-electron chi connectivity index (χ2n) is 4.03. The summed E-state index contributed by atoms with van der Waals surface area (Å²) in [4.78, 5) is 14.7. The summed E-state index contributed by atoms with van der Waals surface area (Å²) in [5.41, 5.74) is 0.240. The van der Waals surface area contributed by atoms with Gasteiger partial charge in [-0.3, -0.25) is 9.78 Å². The Hall–Kier alpha value is -2.03. The lowest BCUT2D eigenvalue weighted by molar-refractivity contribution is -0.139. The van der Waals surface area contributed by atoms with Gasteiger partial charge in [-0.1, -0.05) is 18.2 Å². The molecule has 20 heavy (non-hydrogen) atoms. The van der Waals surface area contributed by atoms with E-state index in [2.05, 4.69) is 4.98 Å². The largest absolute Gasteiger partial charge is 0.480 e. The number of sulfonamides is 1. The molecule has 0 amide bonds. The molecular weight excluding hydrogens is 284 g/mol. The Labute approximate surface area is 114 Å². The predicted octanol–water partition coefficient (Wildman–Crippen LogP) is -0.0414. The van der Waals surface area contributed by atoms with Gasteiger partial charge < -0.3 is 10.2 Å². The molecule has 0 saturated heterocycles. The number of rotatable bonds is 5. The van der Waals surface area contributed by atoms with Crippen molar-refractivity contribution in [3.63, 3.8) is 0 Å². The fourth-order valence-corrected chi connectivity index (χ4v) is 3.07. The maximum Gasteiger partial charge on any atom is 0.324 e. The number of aliphatic hydroxyl groups excluding tert-OH is 1. The maximum atomic E-state index is 12.2. The Kier molecular flexibility index (Phi) is 3.98. The zero-order chi connectivity index (χ0) is 14.8. The van der Waals surface area contributed by atoms with Crippen LogP contribution in [0.15, 0.2) is 41.4 Å². The highest BCUT2D eigenvalue weighted by Gasteiger charge is 2.26. The minimum absolute atomic E-state index is 0.129. The van der Waals surface area contributed by atoms with Crippen molar-refractivity contribution in [2.75, 3.05) is 6.61 Å². The quantitative estimate of drug-likeness (QED) is 0.712. The number of pyridine rings is 1. The topological polar surface area (TPSA) is 117 Å². The lowest BCUT2D eigenvalue weighted by Gasteiger charge is -2.13. The van der Waals surface area contributed by atoms with Crippen LogP contribution in [0.25, 0.3) is 10.9 Å². The van der Waals surface area contributed by atoms with Gasteiger partial charge in [-0.2, -0.15) is 4.72 Å². The van der Waals surface area contributed by atoms with E-state index >= 15 is 0 Å². The highest BCUT2D eigenvalue weighted by atomic mass is 32.2. The summed E-state index contributed by atoms with van der Waals surface area (Å²) in [7, 11) is -4.10. The van der Waals surface area contributed by atoms with Gasteiger partial charge in [-0.05, 0) is 12.1 Å². The van der Waals surface area contributed by atoms with Crippen LogP contribution in [0.2, 0.25) is 0 Å². The molecule has 8 heteroatoms. The van der Waals surface area contributed by atoms with Gasteiger partial charge in [0.25, 0.3) is 0 Å². The van der Waals surface area contributed by atoms with Gasteiger partial charge in [0.2, 0.25) is 10.0 Å². The Morgan fingerprint density at radius 1 is 1.30 bits per heavy atom. The summed E-state index contributed by atoms with van der Waals surface area (Å²) in [6.45, 7) is -0.841. The first-order chi connectivity index (χ1) is 9.45. The molecule has 0 bridgehead atoms. The van der Waals surface area contributed by atoms with Crippen LogP contribution in [0.4, 0.5) is 0 Å². The average Bonchev–Trinajstić information content (AvgIpc) is 2.43. The van der Waals surface area contributed by atoms with Gasteiger partial charge >= 0.3 is 5.97 Å². The van der Waals surface area contributed by atoms with E-state index in [1.807, 2.05) is 4.72 Å². The number of aromatic nitrogens is 1. The highest BCUT2D eigenvalue weighted by molar-refractivity contribution is 7.89. The van der Waals surface area contributed by atoms with E-state index < -0.39 is 28.6 Å². The fourth-order valence-electron chi connectivity index (χ4n) is 1.71. The molecule has 2 rings (SSSR count). The van der Waals surface area contributed by atoms with Gasteiger partial charge in [0.1, 0.15) is 10.9 Å². The summed E-state index contributed by atoms with van der Waals surface area (Å²) in [5, 5.41) is 18.3. The molecule has 0 unspecified atom stereocenters. The number of benzene rings is 1. The number of aliphatic carboxylic acids is 1. The van der Waals surface area contributed by atoms with Crippen LogP contribution in [-0.4, -0.2) is 42.2 Å². The number of carboxylic acid groups (broad SMARTS) is 1. The number of carboxylic acids is 1. The molecule has 7 nitrogen and oxygen atoms in total. The van der Waals surface area contributed by atoms with Crippen molar-refractivity contribution in [1.82, 2.24) is 9.71 Å². The molecule has 0 fully saturated rings. The molecule has 106 valence electrons. The lowest BCUT2D eigenvalue weighted by atomic mass is 10.2. The van der Waals surface area contributed by atoms with Crippen LogP contribution < -0.4 is 4.72 Å². The first kappa shape index (κ1) is 14.4. The molecule has 1 aromatic carbocycles. The Balaban J connectivity index is 2.50. The number of aliphatic hydroxyl groups is 1. The Morgan fingerprint density at radius 3 is 2.65 bits per heavy atom. The van der Waals surface area contributed by atoms with Crippen molar-refractivity contribution in [2.24, 2.45) is 0 Å². The van der Waals surface area contributed by atoms with Crippen molar-refractivity contribution < 1.29 is 23.4 Å². The monoisotopic (exact) mass is 296 g/mol. The number of para-hydroxylation sites is 1. The fraction of sp³-hybridized carbons (Fsp3) is 0.167. The second-order valence-corrected chi connectivity index (χ2v) is 5.71. The van der Waals surface area contributed by atoms with Crippen molar-refractivity contribution in [3.05, 3.63) is 36.5 Å². The third-order valence-electron chi connectivity index (χ3n) is 2.66. The third-order valence-corrected chi connectivity index (χ3v) is 4.17. The standard InChI is InChI=1S/C12H12N2O5S/c15-7-9(12(16)17)14-20(18,19)10-5-1-3-8-4-2-6-13-11(8)10/h1-6,9,14-15H,7H2,(H,16,17)/t9-/m1/s1. The van der Waals surface area contributed by atoms with Crippen molar-refractivity contribution >= 4 is 26.9 Å². The molecular formula is C12H12N2O5S. The predicted molar refractivity (Wildman–Crippen MR) is 70.6 cm³/mol. The van der Waals surface area contributed by atoms with Gasteiger partial charge in [-0.15, -0.1) is 0 Å². The third kappa shape index (κ3) is 2.77. The summed E-state index contributed by atoms with van der Waals surface area (Å²) >= 11 is 0. The molecule has 3 N–H and O–H groups in total. The number of carbonyl (C=O) groups is 1. The molecule has 0 saturated carbocycles. The normalized spacial score (nSPS) is 13.2. The molecule has 0 aliphatic carbocycles. The zero-order valence-electron chi connectivity index (χ0n) is 10.2. The average molecular weight is 296 g/mol. The summed E-state index contributed by atoms with van der Waals surface area (Å²) < 4.78 is 26.3. The highest BCUT2D eigenvalue weighted by Crippen LogP contribution is 2.20. The molecule has 1 heterocycles. The van der Waals surface area contributed by atoms with Crippen molar-refractivity contribution in [1.29, 1.82) is 0 Å². The van der Waals surface area contributed by atoms with Crippen LogP contribution in [0.5, 0.6) is 0 Å². The molecule has 2 aromatic rings. The zero-order valence-corrected chi connectivity index (χ0v) is 11.0.